The molecule has 1 fully saturated rings. The maximum atomic E-state index is 9.45. The van der Waals surface area contributed by atoms with Crippen molar-refractivity contribution in [3.05, 3.63) is 36.2 Å². The van der Waals surface area contributed by atoms with Crippen molar-refractivity contribution < 1.29 is 5.11 Å². The van der Waals surface area contributed by atoms with Gasteiger partial charge in [0.05, 0.1) is 17.6 Å². The van der Waals surface area contributed by atoms with Crippen molar-refractivity contribution in [1.29, 1.82) is 0 Å². The molecule has 1 aliphatic heterocycles. The molecule has 0 aliphatic carbocycles. The molecule has 0 amide bonds. The van der Waals surface area contributed by atoms with E-state index in [9.17, 15) is 5.11 Å². The summed E-state index contributed by atoms with van der Waals surface area (Å²) in [6.07, 6.45) is 4.56. The predicted octanol–water partition coefficient (Wildman–Crippen LogP) is 1.74. The minimum Gasteiger partial charge on any atom is -0.395 e. The summed E-state index contributed by atoms with van der Waals surface area (Å²) in [5.41, 5.74) is 3.12. The highest BCUT2D eigenvalue weighted by molar-refractivity contribution is 5.74. The normalized spacial score (nSPS) is 24.5. The monoisotopic (exact) mass is 300 g/mol. The SMILES string of the molecule is CC[C@@H]1CN[C@@H](CO)CN1C(C)c1ccc2nccnc2c1. The molecule has 0 spiro atoms. The number of nitrogens with zero attached hydrogens (tertiary/aromatic N) is 3. The molecule has 1 aromatic carbocycles. The van der Waals surface area contributed by atoms with Gasteiger partial charge in [0.1, 0.15) is 0 Å². The van der Waals surface area contributed by atoms with E-state index in [1.54, 1.807) is 12.4 Å². The largest absolute Gasteiger partial charge is 0.395 e. The Balaban J connectivity index is 1.87. The van der Waals surface area contributed by atoms with Crippen LogP contribution in [0.15, 0.2) is 30.6 Å². The van der Waals surface area contributed by atoms with Gasteiger partial charge in [-0.2, -0.15) is 0 Å². The number of fused-ring (bicyclic) bond motifs is 1. The van der Waals surface area contributed by atoms with E-state index in [0.717, 1.165) is 30.5 Å². The van der Waals surface area contributed by atoms with E-state index in [0.29, 0.717) is 12.1 Å². The standard InChI is InChI=1S/C17H24N4O/c1-3-15-9-20-14(11-22)10-21(15)12(2)13-4-5-16-17(8-13)19-7-6-18-16/h4-8,12,14-15,20,22H,3,9-11H2,1-2H3/t12?,14-,15-/m1/s1. The first-order chi connectivity index (χ1) is 10.7. The summed E-state index contributed by atoms with van der Waals surface area (Å²) in [7, 11) is 0. The maximum Gasteiger partial charge on any atom is 0.0890 e. The Kier molecular flexibility index (Phi) is 4.66. The second-order valence-electron chi connectivity index (χ2n) is 6.03. The van der Waals surface area contributed by atoms with E-state index in [4.69, 9.17) is 0 Å². The van der Waals surface area contributed by atoms with Crippen molar-refractivity contribution >= 4 is 11.0 Å². The van der Waals surface area contributed by atoms with Gasteiger partial charge in [-0.3, -0.25) is 14.9 Å². The van der Waals surface area contributed by atoms with Gasteiger partial charge in [0.15, 0.2) is 0 Å². The van der Waals surface area contributed by atoms with Gasteiger partial charge in [-0.25, -0.2) is 0 Å². The van der Waals surface area contributed by atoms with Crippen LogP contribution >= 0.6 is 0 Å². The van der Waals surface area contributed by atoms with Crippen molar-refractivity contribution in [2.24, 2.45) is 0 Å². The molecule has 1 aliphatic rings. The van der Waals surface area contributed by atoms with E-state index >= 15 is 0 Å². The smallest absolute Gasteiger partial charge is 0.0890 e. The average Bonchev–Trinajstić information content (AvgIpc) is 2.60. The van der Waals surface area contributed by atoms with Crippen molar-refractivity contribution in [1.82, 2.24) is 20.2 Å². The number of benzene rings is 1. The number of piperazine rings is 1. The van der Waals surface area contributed by atoms with Crippen LogP contribution in [0.3, 0.4) is 0 Å². The van der Waals surface area contributed by atoms with E-state index in [2.05, 4.69) is 46.2 Å². The lowest BCUT2D eigenvalue weighted by Gasteiger charge is -2.43. The fourth-order valence-corrected chi connectivity index (χ4v) is 3.30. The quantitative estimate of drug-likeness (QED) is 0.900. The third-order valence-corrected chi connectivity index (χ3v) is 4.71. The summed E-state index contributed by atoms with van der Waals surface area (Å²) in [6, 6.07) is 7.27. The molecule has 1 aromatic heterocycles. The topological polar surface area (TPSA) is 61.3 Å². The van der Waals surface area contributed by atoms with Crippen molar-refractivity contribution in [2.45, 2.75) is 38.4 Å². The predicted molar refractivity (Wildman–Crippen MR) is 87.6 cm³/mol. The van der Waals surface area contributed by atoms with E-state index in [1.807, 2.05) is 6.07 Å². The lowest BCUT2D eigenvalue weighted by atomic mass is 9.99. The summed E-state index contributed by atoms with van der Waals surface area (Å²) in [5.74, 6) is 0. The zero-order valence-electron chi connectivity index (χ0n) is 13.2. The van der Waals surface area contributed by atoms with E-state index in [-0.39, 0.29) is 12.6 Å². The molecule has 5 heteroatoms. The van der Waals surface area contributed by atoms with Crippen molar-refractivity contribution in [3.8, 4) is 0 Å². The molecular formula is C17H24N4O. The van der Waals surface area contributed by atoms with E-state index in [1.165, 1.54) is 5.56 Å². The highest BCUT2D eigenvalue weighted by Gasteiger charge is 2.30. The molecule has 1 unspecified atom stereocenters. The van der Waals surface area contributed by atoms with Crippen molar-refractivity contribution in [2.75, 3.05) is 19.7 Å². The Morgan fingerprint density at radius 2 is 2.09 bits per heavy atom. The highest BCUT2D eigenvalue weighted by atomic mass is 16.3. The zero-order chi connectivity index (χ0) is 15.5. The molecule has 5 nitrogen and oxygen atoms in total. The Bertz CT molecular complexity index is 633. The second-order valence-corrected chi connectivity index (χ2v) is 6.03. The number of aromatic nitrogens is 2. The summed E-state index contributed by atoms with van der Waals surface area (Å²) in [6.45, 7) is 6.44. The Hall–Kier alpha value is -1.56. The first-order valence-corrected chi connectivity index (χ1v) is 8.03. The van der Waals surface area contributed by atoms with Gasteiger partial charge < -0.3 is 10.4 Å². The molecule has 2 heterocycles. The van der Waals surface area contributed by atoms with Gasteiger partial charge in [-0.1, -0.05) is 13.0 Å². The fraction of sp³-hybridized carbons (Fsp3) is 0.529. The first-order valence-electron chi connectivity index (χ1n) is 8.03. The zero-order valence-corrected chi connectivity index (χ0v) is 13.2. The molecule has 3 atom stereocenters. The number of nitrogens with one attached hydrogen (secondary N) is 1. The van der Waals surface area contributed by atoms with Crippen LogP contribution in [0.5, 0.6) is 0 Å². The van der Waals surface area contributed by atoms with Crippen LogP contribution in [0.1, 0.15) is 31.9 Å². The van der Waals surface area contributed by atoms with Crippen LogP contribution < -0.4 is 5.32 Å². The summed E-state index contributed by atoms with van der Waals surface area (Å²) in [4.78, 5) is 11.2. The minimum atomic E-state index is 0.158. The van der Waals surface area contributed by atoms with Crippen LogP contribution in [0, 0.1) is 0 Å². The molecule has 0 saturated carbocycles. The third kappa shape index (κ3) is 2.97. The second kappa shape index (κ2) is 6.69. The Morgan fingerprint density at radius 3 is 2.82 bits per heavy atom. The Labute approximate surface area is 131 Å². The van der Waals surface area contributed by atoms with Crippen LogP contribution in [0.4, 0.5) is 0 Å². The van der Waals surface area contributed by atoms with Crippen LogP contribution in [-0.4, -0.2) is 51.8 Å². The van der Waals surface area contributed by atoms with Gasteiger partial charge in [0.2, 0.25) is 0 Å². The summed E-state index contributed by atoms with van der Waals surface area (Å²) in [5, 5.41) is 12.9. The average molecular weight is 300 g/mol. The number of hydrogen-bond donors (Lipinski definition) is 2. The lowest BCUT2D eigenvalue weighted by Crippen LogP contribution is -2.57. The van der Waals surface area contributed by atoms with Crippen LogP contribution in [0.2, 0.25) is 0 Å². The first kappa shape index (κ1) is 15.3. The fourth-order valence-electron chi connectivity index (χ4n) is 3.30. The number of aliphatic hydroxyl groups excluding tert-OH is 1. The number of hydrogen-bond acceptors (Lipinski definition) is 5. The number of aliphatic hydroxyl groups is 1. The molecule has 0 radical (unpaired) electrons. The molecule has 3 rings (SSSR count). The highest BCUT2D eigenvalue weighted by Crippen LogP contribution is 2.27. The minimum absolute atomic E-state index is 0.158. The van der Waals surface area contributed by atoms with Crippen LogP contribution in [0.25, 0.3) is 11.0 Å². The van der Waals surface area contributed by atoms with E-state index < -0.39 is 0 Å². The third-order valence-electron chi connectivity index (χ3n) is 4.71. The molecule has 1 saturated heterocycles. The molecule has 2 aromatic rings. The van der Waals surface area contributed by atoms with Gasteiger partial charge >= 0.3 is 0 Å². The molecule has 2 N–H and O–H groups in total. The van der Waals surface area contributed by atoms with Crippen LogP contribution in [-0.2, 0) is 0 Å². The molecule has 118 valence electrons. The summed E-state index contributed by atoms with van der Waals surface area (Å²) < 4.78 is 0. The number of rotatable bonds is 4. The van der Waals surface area contributed by atoms with Gasteiger partial charge in [0, 0.05) is 43.6 Å². The lowest BCUT2D eigenvalue weighted by molar-refractivity contribution is 0.0666. The Morgan fingerprint density at radius 1 is 1.32 bits per heavy atom. The molecular weight excluding hydrogens is 276 g/mol. The summed E-state index contributed by atoms with van der Waals surface area (Å²) >= 11 is 0. The van der Waals surface area contributed by atoms with Gasteiger partial charge in [0.25, 0.3) is 0 Å². The molecule has 22 heavy (non-hydrogen) atoms. The maximum absolute atomic E-state index is 9.45. The van der Waals surface area contributed by atoms with Crippen molar-refractivity contribution in [3.63, 3.8) is 0 Å². The molecule has 0 bridgehead atoms. The van der Waals surface area contributed by atoms with Gasteiger partial charge in [-0.15, -0.1) is 0 Å². The van der Waals surface area contributed by atoms with Gasteiger partial charge in [-0.05, 0) is 31.0 Å².